The molecule has 0 radical (unpaired) electrons. The lowest BCUT2D eigenvalue weighted by Crippen LogP contribution is -2.23. The average Bonchev–Trinajstić information content (AvgIpc) is 3.11. The largest absolute Gasteiger partial charge is 0.306 e. The summed E-state index contributed by atoms with van der Waals surface area (Å²) >= 11 is 0. The molecule has 2 aromatic carbocycles. The number of aryl methyl sites for hydroxylation is 1. The number of ketones is 1. The van der Waals surface area contributed by atoms with Gasteiger partial charge in [-0.1, -0.05) is 24.3 Å². The number of hydrogen-bond acceptors (Lipinski definition) is 5. The van der Waals surface area contributed by atoms with Crippen molar-refractivity contribution < 1.29 is 4.79 Å². The Labute approximate surface area is 174 Å². The molecule has 4 aromatic rings. The molecule has 0 aliphatic rings. The van der Waals surface area contributed by atoms with Crippen molar-refractivity contribution in [2.75, 3.05) is 6.54 Å². The van der Waals surface area contributed by atoms with Crippen LogP contribution in [0, 0.1) is 18.3 Å². The predicted octanol–water partition coefficient (Wildman–Crippen LogP) is 3.77. The Hall–Kier alpha value is -3.82. The van der Waals surface area contributed by atoms with Crippen LogP contribution in [0.3, 0.4) is 0 Å². The number of carbonyl (C=O) groups excluding carboxylic acids is 1. The minimum absolute atomic E-state index is 0.0238. The standard InChI is InChI=1S/C24H21N5O/c1-17-28-22-15-26-13-11-23(22)29(17)21-8-6-19(7-9-21)24(30)16-27-14-20-5-3-2-4-18(20)10-12-25/h2-9,11,13,15,27H,10,14,16H2,1H3. The van der Waals surface area contributed by atoms with Gasteiger partial charge in [-0.25, -0.2) is 4.98 Å². The van der Waals surface area contributed by atoms with Gasteiger partial charge in [-0.05, 0) is 48.4 Å². The Balaban J connectivity index is 1.44. The van der Waals surface area contributed by atoms with Crippen molar-refractivity contribution >= 4 is 16.8 Å². The molecule has 0 saturated carbocycles. The van der Waals surface area contributed by atoms with E-state index in [-0.39, 0.29) is 12.3 Å². The van der Waals surface area contributed by atoms with Crippen LogP contribution >= 0.6 is 0 Å². The molecule has 0 bridgehead atoms. The third-order valence-electron chi connectivity index (χ3n) is 5.06. The van der Waals surface area contributed by atoms with Crippen LogP contribution in [-0.4, -0.2) is 26.9 Å². The number of nitrogens with one attached hydrogen (secondary N) is 1. The zero-order valence-corrected chi connectivity index (χ0v) is 16.7. The first kappa shape index (κ1) is 19.5. The SMILES string of the molecule is Cc1nc2cnccc2n1-c1ccc(C(=O)CNCc2ccccc2CC#N)cc1. The van der Waals surface area contributed by atoms with Gasteiger partial charge in [0.05, 0.1) is 30.7 Å². The fraction of sp³-hybridized carbons (Fsp3) is 0.167. The maximum Gasteiger partial charge on any atom is 0.176 e. The first-order chi connectivity index (χ1) is 14.7. The van der Waals surface area contributed by atoms with Gasteiger partial charge in [0, 0.05) is 24.0 Å². The number of rotatable bonds is 7. The summed E-state index contributed by atoms with van der Waals surface area (Å²) in [7, 11) is 0. The van der Waals surface area contributed by atoms with Crippen LogP contribution in [-0.2, 0) is 13.0 Å². The van der Waals surface area contributed by atoms with Crippen molar-refractivity contribution in [3.8, 4) is 11.8 Å². The van der Waals surface area contributed by atoms with Crippen molar-refractivity contribution in [1.29, 1.82) is 5.26 Å². The number of nitrogens with zero attached hydrogens (tertiary/aromatic N) is 4. The van der Waals surface area contributed by atoms with Crippen LogP contribution in [0.5, 0.6) is 0 Å². The van der Waals surface area contributed by atoms with E-state index < -0.39 is 0 Å². The van der Waals surface area contributed by atoms with E-state index in [9.17, 15) is 4.79 Å². The van der Waals surface area contributed by atoms with E-state index in [4.69, 9.17) is 5.26 Å². The molecule has 0 spiro atoms. The van der Waals surface area contributed by atoms with E-state index >= 15 is 0 Å². The number of aromatic nitrogens is 3. The average molecular weight is 395 g/mol. The fourth-order valence-corrected chi connectivity index (χ4v) is 3.58. The molecule has 1 N–H and O–H groups in total. The quantitative estimate of drug-likeness (QED) is 0.482. The molecule has 0 amide bonds. The van der Waals surface area contributed by atoms with Crippen LogP contribution < -0.4 is 5.32 Å². The smallest absolute Gasteiger partial charge is 0.176 e. The third-order valence-corrected chi connectivity index (χ3v) is 5.06. The molecule has 2 heterocycles. The molecule has 0 aliphatic carbocycles. The summed E-state index contributed by atoms with van der Waals surface area (Å²) in [4.78, 5) is 21.2. The molecule has 0 saturated heterocycles. The topological polar surface area (TPSA) is 83.6 Å². The predicted molar refractivity (Wildman–Crippen MR) is 115 cm³/mol. The summed E-state index contributed by atoms with van der Waals surface area (Å²) in [5, 5.41) is 12.1. The van der Waals surface area contributed by atoms with E-state index in [1.807, 2.05) is 61.5 Å². The van der Waals surface area contributed by atoms with Crippen LogP contribution in [0.2, 0.25) is 0 Å². The molecule has 0 atom stereocenters. The minimum Gasteiger partial charge on any atom is -0.306 e. The van der Waals surface area contributed by atoms with Crippen LogP contribution in [0.25, 0.3) is 16.7 Å². The Bertz CT molecular complexity index is 1230. The summed E-state index contributed by atoms with van der Waals surface area (Å²) in [6.45, 7) is 2.74. The van der Waals surface area contributed by atoms with Crippen molar-refractivity contribution in [3.63, 3.8) is 0 Å². The molecule has 0 fully saturated rings. The van der Waals surface area contributed by atoms with Gasteiger partial charge in [0.1, 0.15) is 11.3 Å². The van der Waals surface area contributed by atoms with E-state index in [0.717, 1.165) is 33.7 Å². The highest BCUT2D eigenvalue weighted by molar-refractivity contribution is 5.97. The number of hydrogen-bond donors (Lipinski definition) is 1. The Kier molecular flexibility index (Phi) is 5.64. The summed E-state index contributed by atoms with van der Waals surface area (Å²) in [5.74, 6) is 0.894. The molecule has 30 heavy (non-hydrogen) atoms. The second kappa shape index (κ2) is 8.68. The molecule has 148 valence electrons. The van der Waals surface area contributed by atoms with Crippen molar-refractivity contribution in [1.82, 2.24) is 19.9 Å². The normalized spacial score (nSPS) is 10.8. The number of carbonyl (C=O) groups is 1. The lowest BCUT2D eigenvalue weighted by molar-refractivity contribution is 0.0991. The Morgan fingerprint density at radius 3 is 2.63 bits per heavy atom. The van der Waals surface area contributed by atoms with Gasteiger partial charge in [0.25, 0.3) is 0 Å². The number of benzene rings is 2. The summed E-state index contributed by atoms with van der Waals surface area (Å²) in [6, 6.07) is 19.4. The van der Waals surface area contributed by atoms with Gasteiger partial charge in [-0.2, -0.15) is 5.26 Å². The highest BCUT2D eigenvalue weighted by Crippen LogP contribution is 2.20. The number of imidazole rings is 1. The van der Waals surface area contributed by atoms with E-state index in [1.54, 1.807) is 12.4 Å². The van der Waals surface area contributed by atoms with Gasteiger partial charge >= 0.3 is 0 Å². The number of pyridine rings is 1. The van der Waals surface area contributed by atoms with E-state index in [0.29, 0.717) is 18.5 Å². The number of Topliss-reactive ketones (excluding diaryl/α,β-unsaturated/α-hetero) is 1. The Morgan fingerprint density at radius 2 is 1.87 bits per heavy atom. The van der Waals surface area contributed by atoms with Gasteiger partial charge in [-0.3, -0.25) is 14.3 Å². The summed E-state index contributed by atoms with van der Waals surface area (Å²) < 4.78 is 2.05. The molecular weight excluding hydrogens is 374 g/mol. The number of fused-ring (bicyclic) bond motifs is 1. The first-order valence-corrected chi connectivity index (χ1v) is 9.74. The molecule has 6 nitrogen and oxygen atoms in total. The molecule has 0 unspecified atom stereocenters. The van der Waals surface area contributed by atoms with Crippen LogP contribution in [0.4, 0.5) is 0 Å². The van der Waals surface area contributed by atoms with Crippen molar-refractivity contribution in [2.24, 2.45) is 0 Å². The molecular formula is C24H21N5O. The summed E-state index contributed by atoms with van der Waals surface area (Å²) in [5.41, 5.74) is 5.47. The van der Waals surface area contributed by atoms with E-state index in [1.165, 1.54) is 0 Å². The third kappa shape index (κ3) is 3.97. The molecule has 2 aromatic heterocycles. The van der Waals surface area contributed by atoms with Crippen LogP contribution in [0.1, 0.15) is 27.3 Å². The maximum atomic E-state index is 12.6. The number of nitriles is 1. The second-order valence-electron chi connectivity index (χ2n) is 7.04. The van der Waals surface area contributed by atoms with Crippen LogP contribution in [0.15, 0.2) is 67.0 Å². The van der Waals surface area contributed by atoms with Gasteiger partial charge in [0.15, 0.2) is 5.78 Å². The fourth-order valence-electron chi connectivity index (χ4n) is 3.58. The second-order valence-corrected chi connectivity index (χ2v) is 7.04. The van der Waals surface area contributed by atoms with Crippen molar-refractivity contribution in [3.05, 3.63) is 89.5 Å². The van der Waals surface area contributed by atoms with Gasteiger partial charge in [0.2, 0.25) is 0 Å². The molecule has 0 aliphatic heterocycles. The van der Waals surface area contributed by atoms with E-state index in [2.05, 4.69) is 25.9 Å². The minimum atomic E-state index is 0.0238. The lowest BCUT2D eigenvalue weighted by Gasteiger charge is -2.10. The molecule has 6 heteroatoms. The van der Waals surface area contributed by atoms with Crippen molar-refractivity contribution in [2.45, 2.75) is 19.9 Å². The molecule has 4 rings (SSSR count). The monoisotopic (exact) mass is 395 g/mol. The van der Waals surface area contributed by atoms with Gasteiger partial charge < -0.3 is 5.32 Å². The highest BCUT2D eigenvalue weighted by atomic mass is 16.1. The Morgan fingerprint density at radius 1 is 1.10 bits per heavy atom. The lowest BCUT2D eigenvalue weighted by atomic mass is 10.0. The van der Waals surface area contributed by atoms with Gasteiger partial charge in [-0.15, -0.1) is 0 Å². The zero-order valence-electron chi connectivity index (χ0n) is 16.7. The highest BCUT2D eigenvalue weighted by Gasteiger charge is 2.11. The summed E-state index contributed by atoms with van der Waals surface area (Å²) in [6.07, 6.45) is 3.86. The zero-order chi connectivity index (χ0) is 20.9. The maximum absolute atomic E-state index is 12.6. The first-order valence-electron chi connectivity index (χ1n) is 9.74.